The van der Waals surface area contributed by atoms with Crippen LogP contribution >= 0.6 is 11.6 Å². The molecular formula is C14H21ClN2O. The van der Waals surface area contributed by atoms with E-state index in [0.717, 1.165) is 38.3 Å². The maximum atomic E-state index is 6.13. The smallest absolute Gasteiger partial charge is 0.137 e. The van der Waals surface area contributed by atoms with Crippen molar-refractivity contribution in [2.75, 3.05) is 33.3 Å². The topological polar surface area (TPSA) is 24.5 Å². The van der Waals surface area contributed by atoms with Crippen LogP contribution in [-0.2, 0) is 6.42 Å². The van der Waals surface area contributed by atoms with Crippen molar-refractivity contribution in [3.05, 3.63) is 28.8 Å². The number of methoxy groups -OCH3 is 1. The predicted molar refractivity (Wildman–Crippen MR) is 75.6 cm³/mol. The van der Waals surface area contributed by atoms with Crippen molar-refractivity contribution >= 4 is 11.6 Å². The number of piperazine rings is 1. The third-order valence-corrected chi connectivity index (χ3v) is 3.84. The van der Waals surface area contributed by atoms with Crippen molar-refractivity contribution in [1.29, 1.82) is 0 Å². The van der Waals surface area contributed by atoms with Gasteiger partial charge in [0, 0.05) is 32.2 Å². The van der Waals surface area contributed by atoms with Crippen molar-refractivity contribution in [1.82, 2.24) is 10.2 Å². The van der Waals surface area contributed by atoms with E-state index < -0.39 is 0 Å². The Morgan fingerprint density at radius 1 is 1.50 bits per heavy atom. The molecule has 1 atom stereocenters. The van der Waals surface area contributed by atoms with E-state index >= 15 is 0 Å². The SMILES string of the molecule is COc1ccc(CCN2CCNCC2C)cc1Cl. The molecule has 1 aliphatic heterocycles. The second-order valence-electron chi connectivity index (χ2n) is 4.81. The summed E-state index contributed by atoms with van der Waals surface area (Å²) in [5, 5.41) is 4.11. The number of nitrogens with one attached hydrogen (secondary N) is 1. The van der Waals surface area contributed by atoms with Gasteiger partial charge in [-0.2, -0.15) is 0 Å². The Bertz CT molecular complexity index is 397. The normalized spacial score (nSPS) is 20.9. The summed E-state index contributed by atoms with van der Waals surface area (Å²) < 4.78 is 5.16. The van der Waals surface area contributed by atoms with Gasteiger partial charge in [0.1, 0.15) is 5.75 Å². The average molecular weight is 269 g/mol. The molecule has 3 nitrogen and oxygen atoms in total. The van der Waals surface area contributed by atoms with Crippen LogP contribution in [0.2, 0.25) is 5.02 Å². The fourth-order valence-corrected chi connectivity index (χ4v) is 2.63. The van der Waals surface area contributed by atoms with E-state index in [4.69, 9.17) is 16.3 Å². The highest BCUT2D eigenvalue weighted by Gasteiger charge is 2.17. The average Bonchev–Trinajstić information content (AvgIpc) is 2.38. The quantitative estimate of drug-likeness (QED) is 0.906. The molecule has 1 fully saturated rings. The van der Waals surface area contributed by atoms with Gasteiger partial charge in [0.15, 0.2) is 0 Å². The number of ether oxygens (including phenoxy) is 1. The van der Waals surface area contributed by atoms with Crippen LogP contribution in [-0.4, -0.2) is 44.2 Å². The zero-order valence-electron chi connectivity index (χ0n) is 11.1. The molecule has 1 N–H and O–H groups in total. The maximum absolute atomic E-state index is 6.13. The molecule has 0 saturated carbocycles. The summed E-state index contributed by atoms with van der Waals surface area (Å²) in [6.45, 7) is 6.67. The standard InChI is InChI=1S/C14H21ClN2O/c1-11-10-16-6-8-17(11)7-5-12-3-4-14(18-2)13(15)9-12/h3-4,9,11,16H,5-8,10H2,1-2H3. The molecule has 1 aliphatic rings. The van der Waals surface area contributed by atoms with Crippen LogP contribution in [0.3, 0.4) is 0 Å². The molecule has 4 heteroatoms. The summed E-state index contributed by atoms with van der Waals surface area (Å²) in [4.78, 5) is 2.52. The number of hydrogen-bond acceptors (Lipinski definition) is 3. The Kier molecular flexibility index (Phi) is 4.87. The van der Waals surface area contributed by atoms with E-state index in [1.807, 2.05) is 12.1 Å². The van der Waals surface area contributed by atoms with Crippen molar-refractivity contribution in [3.63, 3.8) is 0 Å². The number of nitrogens with zero attached hydrogens (tertiary/aromatic N) is 1. The first kappa shape index (κ1) is 13.7. The molecule has 0 bridgehead atoms. The molecule has 1 aromatic carbocycles. The zero-order valence-corrected chi connectivity index (χ0v) is 11.8. The number of rotatable bonds is 4. The van der Waals surface area contributed by atoms with Gasteiger partial charge in [0.2, 0.25) is 0 Å². The molecular weight excluding hydrogens is 248 g/mol. The summed E-state index contributed by atoms with van der Waals surface area (Å²) in [5.74, 6) is 0.746. The Morgan fingerprint density at radius 3 is 3.00 bits per heavy atom. The Labute approximate surface area is 114 Å². The Morgan fingerprint density at radius 2 is 2.33 bits per heavy atom. The van der Waals surface area contributed by atoms with Crippen LogP contribution in [0.4, 0.5) is 0 Å². The highest BCUT2D eigenvalue weighted by atomic mass is 35.5. The molecule has 100 valence electrons. The van der Waals surface area contributed by atoms with Gasteiger partial charge in [0.05, 0.1) is 12.1 Å². The van der Waals surface area contributed by atoms with E-state index in [-0.39, 0.29) is 0 Å². The molecule has 0 spiro atoms. The number of benzene rings is 1. The minimum atomic E-state index is 0.618. The van der Waals surface area contributed by atoms with Gasteiger partial charge in [-0.3, -0.25) is 4.90 Å². The predicted octanol–water partition coefficient (Wildman–Crippen LogP) is 2.18. The van der Waals surface area contributed by atoms with Crippen LogP contribution in [0.15, 0.2) is 18.2 Å². The lowest BCUT2D eigenvalue weighted by Gasteiger charge is -2.33. The van der Waals surface area contributed by atoms with Crippen molar-refractivity contribution in [2.45, 2.75) is 19.4 Å². The third kappa shape index (κ3) is 3.37. The second kappa shape index (κ2) is 6.41. The minimum absolute atomic E-state index is 0.618. The van der Waals surface area contributed by atoms with Crippen molar-refractivity contribution < 1.29 is 4.74 Å². The summed E-state index contributed by atoms with van der Waals surface area (Å²) >= 11 is 6.13. The lowest BCUT2D eigenvalue weighted by molar-refractivity contribution is 0.176. The van der Waals surface area contributed by atoms with Crippen LogP contribution in [0.5, 0.6) is 5.75 Å². The molecule has 18 heavy (non-hydrogen) atoms. The summed E-state index contributed by atoms with van der Waals surface area (Å²) in [7, 11) is 1.64. The van der Waals surface area contributed by atoms with Gasteiger partial charge in [-0.15, -0.1) is 0 Å². The van der Waals surface area contributed by atoms with Crippen LogP contribution < -0.4 is 10.1 Å². The number of hydrogen-bond donors (Lipinski definition) is 1. The van der Waals surface area contributed by atoms with Gasteiger partial charge in [-0.05, 0) is 31.0 Å². The largest absolute Gasteiger partial charge is 0.495 e. The van der Waals surface area contributed by atoms with Gasteiger partial charge >= 0.3 is 0 Å². The lowest BCUT2D eigenvalue weighted by atomic mass is 10.1. The van der Waals surface area contributed by atoms with Crippen LogP contribution in [0, 0.1) is 0 Å². The van der Waals surface area contributed by atoms with E-state index in [0.29, 0.717) is 11.1 Å². The number of halogens is 1. The highest BCUT2D eigenvalue weighted by Crippen LogP contribution is 2.25. The molecule has 1 heterocycles. The fourth-order valence-electron chi connectivity index (χ4n) is 2.35. The first-order valence-electron chi connectivity index (χ1n) is 6.48. The molecule has 2 rings (SSSR count). The van der Waals surface area contributed by atoms with Crippen molar-refractivity contribution in [3.8, 4) is 5.75 Å². The van der Waals surface area contributed by atoms with Gasteiger partial charge in [0.25, 0.3) is 0 Å². The van der Waals surface area contributed by atoms with Gasteiger partial charge in [-0.25, -0.2) is 0 Å². The molecule has 0 aromatic heterocycles. The Hall–Kier alpha value is -0.770. The maximum Gasteiger partial charge on any atom is 0.137 e. The summed E-state index contributed by atoms with van der Waals surface area (Å²) in [6, 6.07) is 6.66. The zero-order chi connectivity index (χ0) is 13.0. The Balaban J connectivity index is 1.91. The van der Waals surface area contributed by atoms with Gasteiger partial charge in [-0.1, -0.05) is 17.7 Å². The van der Waals surface area contributed by atoms with E-state index in [1.54, 1.807) is 7.11 Å². The minimum Gasteiger partial charge on any atom is -0.495 e. The first-order chi connectivity index (χ1) is 8.70. The van der Waals surface area contributed by atoms with Crippen LogP contribution in [0.25, 0.3) is 0 Å². The second-order valence-corrected chi connectivity index (χ2v) is 5.22. The molecule has 0 radical (unpaired) electrons. The van der Waals surface area contributed by atoms with E-state index in [9.17, 15) is 0 Å². The molecule has 0 aliphatic carbocycles. The van der Waals surface area contributed by atoms with E-state index in [1.165, 1.54) is 5.56 Å². The van der Waals surface area contributed by atoms with E-state index in [2.05, 4.69) is 23.2 Å². The third-order valence-electron chi connectivity index (χ3n) is 3.54. The summed E-state index contributed by atoms with van der Waals surface area (Å²) in [6.07, 6.45) is 1.04. The highest BCUT2D eigenvalue weighted by molar-refractivity contribution is 6.32. The fraction of sp³-hybridized carbons (Fsp3) is 0.571. The lowest BCUT2D eigenvalue weighted by Crippen LogP contribution is -2.50. The van der Waals surface area contributed by atoms with Gasteiger partial charge < -0.3 is 10.1 Å². The van der Waals surface area contributed by atoms with Crippen molar-refractivity contribution in [2.24, 2.45) is 0 Å². The summed E-state index contributed by atoms with van der Waals surface area (Å²) in [5.41, 5.74) is 1.27. The molecule has 1 aromatic rings. The monoisotopic (exact) mass is 268 g/mol. The molecule has 1 saturated heterocycles. The van der Waals surface area contributed by atoms with Crippen LogP contribution in [0.1, 0.15) is 12.5 Å². The first-order valence-corrected chi connectivity index (χ1v) is 6.85. The molecule has 0 amide bonds. The molecule has 1 unspecified atom stereocenters.